The van der Waals surface area contributed by atoms with Gasteiger partial charge >= 0.3 is 0 Å². The number of aromatic nitrogens is 1. The van der Waals surface area contributed by atoms with Crippen LogP contribution in [0.2, 0.25) is 0 Å². The Morgan fingerprint density at radius 2 is 1.86 bits per heavy atom. The third-order valence-corrected chi connectivity index (χ3v) is 8.07. The van der Waals surface area contributed by atoms with Crippen LogP contribution in [0.5, 0.6) is 0 Å². The van der Waals surface area contributed by atoms with Crippen LogP contribution in [0, 0.1) is 5.92 Å². The normalized spacial score (nSPS) is 24.9. The number of nitrogens with zero attached hydrogens (tertiary/aromatic N) is 3. The molecule has 4 aromatic rings. The van der Waals surface area contributed by atoms with Crippen LogP contribution < -0.4 is 0 Å². The van der Waals surface area contributed by atoms with Crippen molar-refractivity contribution in [1.82, 2.24) is 14.5 Å². The van der Waals surface area contributed by atoms with Crippen LogP contribution >= 0.6 is 0 Å². The molecule has 1 fully saturated rings. The van der Waals surface area contributed by atoms with E-state index in [-0.39, 0.29) is 29.8 Å². The minimum Gasteiger partial charge on any atom is -0.464 e. The van der Waals surface area contributed by atoms with Gasteiger partial charge in [-0.3, -0.25) is 14.5 Å². The zero-order chi connectivity index (χ0) is 23.9. The molecule has 0 N–H and O–H groups in total. The number of hydroxylamine groups is 2. The van der Waals surface area contributed by atoms with E-state index in [2.05, 4.69) is 65.2 Å². The second-order valence-electron chi connectivity index (χ2n) is 9.73. The Bertz CT molecular complexity index is 1330. The number of likely N-dealkylation sites (tertiary alicyclic amines) is 1. The van der Waals surface area contributed by atoms with E-state index < -0.39 is 0 Å². The highest BCUT2D eigenvalue weighted by Crippen LogP contribution is 2.50. The highest BCUT2D eigenvalue weighted by atomic mass is 16.7. The number of carbonyl (C=O) groups excluding carboxylic acids is 1. The molecule has 4 atom stereocenters. The van der Waals surface area contributed by atoms with Crippen molar-refractivity contribution in [3.8, 4) is 0 Å². The molecular weight excluding hydrogens is 438 g/mol. The first-order valence-electron chi connectivity index (χ1n) is 12.4. The predicted molar refractivity (Wildman–Crippen MR) is 135 cm³/mol. The summed E-state index contributed by atoms with van der Waals surface area (Å²) in [5.74, 6) is 0.377. The van der Waals surface area contributed by atoms with Crippen molar-refractivity contribution in [1.29, 1.82) is 0 Å². The third kappa shape index (κ3) is 3.77. The molecule has 2 aromatic heterocycles. The Labute approximate surface area is 205 Å². The summed E-state index contributed by atoms with van der Waals surface area (Å²) in [6, 6.07) is 20.8. The van der Waals surface area contributed by atoms with Crippen LogP contribution in [0.1, 0.15) is 46.8 Å². The highest BCUT2D eigenvalue weighted by Gasteiger charge is 2.49. The van der Waals surface area contributed by atoms with Crippen molar-refractivity contribution in [3.63, 3.8) is 0 Å². The van der Waals surface area contributed by atoms with Gasteiger partial charge in [0.2, 0.25) is 0 Å². The fraction of sp³-hybridized carbons (Fsp3) is 0.345. The SMILES string of the molecule is CON1C(=O)c2ccccc2C1[C@@H]1[C@@H](C)N(CCn2cccc2)CC[C@H]1c1ccc2ccoc2c1. The Kier molecular flexibility index (Phi) is 5.71. The molecule has 6 heteroatoms. The lowest BCUT2D eigenvalue weighted by atomic mass is 9.71. The number of piperidine rings is 1. The van der Waals surface area contributed by atoms with Gasteiger partial charge in [0.25, 0.3) is 5.91 Å². The largest absolute Gasteiger partial charge is 0.464 e. The lowest BCUT2D eigenvalue weighted by Crippen LogP contribution is -2.51. The first kappa shape index (κ1) is 22.1. The van der Waals surface area contributed by atoms with Crippen molar-refractivity contribution in [3.05, 3.63) is 96.0 Å². The number of benzene rings is 2. The van der Waals surface area contributed by atoms with Crippen molar-refractivity contribution < 1.29 is 14.0 Å². The Hall–Kier alpha value is -3.35. The smallest absolute Gasteiger partial charge is 0.278 e. The van der Waals surface area contributed by atoms with Crippen LogP contribution in [0.4, 0.5) is 0 Å². The summed E-state index contributed by atoms with van der Waals surface area (Å²) in [4.78, 5) is 21.6. The van der Waals surface area contributed by atoms with Crippen LogP contribution in [-0.2, 0) is 11.4 Å². The predicted octanol–water partition coefficient (Wildman–Crippen LogP) is 5.49. The van der Waals surface area contributed by atoms with Crippen LogP contribution in [-0.4, -0.2) is 46.7 Å². The Morgan fingerprint density at radius 3 is 2.69 bits per heavy atom. The zero-order valence-electron chi connectivity index (χ0n) is 20.2. The van der Waals surface area contributed by atoms with Crippen molar-refractivity contribution in [2.24, 2.45) is 5.92 Å². The molecule has 2 aliphatic rings. The molecule has 2 aromatic carbocycles. The van der Waals surface area contributed by atoms with Gasteiger partial charge in [-0.15, -0.1) is 0 Å². The fourth-order valence-electron chi connectivity index (χ4n) is 6.32. The van der Waals surface area contributed by atoms with E-state index in [1.54, 1.807) is 18.4 Å². The minimum absolute atomic E-state index is 0.0509. The first-order valence-corrected chi connectivity index (χ1v) is 12.4. The van der Waals surface area contributed by atoms with Gasteiger partial charge in [-0.2, -0.15) is 0 Å². The standard InChI is InChI=1S/C29H31N3O3/c1-20-27(28-24-7-3-4-8-25(24)29(33)32(28)34-2)23(22-10-9-21-12-18-35-26(21)19-22)11-15-31(20)17-16-30-13-5-6-14-30/h3-10,12-14,18-20,23,27-28H,11,15-17H2,1-2H3/t20-,23+,27-,28?/m1/s1. The average Bonchev–Trinajstić information content (AvgIpc) is 3.63. The summed E-state index contributed by atoms with van der Waals surface area (Å²) < 4.78 is 7.98. The molecule has 1 unspecified atom stereocenters. The summed E-state index contributed by atoms with van der Waals surface area (Å²) in [5, 5.41) is 2.72. The Morgan fingerprint density at radius 1 is 1.03 bits per heavy atom. The molecule has 2 aliphatic heterocycles. The van der Waals surface area contributed by atoms with Crippen molar-refractivity contribution >= 4 is 16.9 Å². The van der Waals surface area contributed by atoms with Gasteiger partial charge in [-0.05, 0) is 67.3 Å². The van der Waals surface area contributed by atoms with Gasteiger partial charge in [-0.25, -0.2) is 5.06 Å². The molecule has 0 bridgehead atoms. The van der Waals surface area contributed by atoms with E-state index in [1.807, 2.05) is 24.3 Å². The summed E-state index contributed by atoms with van der Waals surface area (Å²) in [6.45, 7) is 5.24. The number of hydrogen-bond donors (Lipinski definition) is 0. The Balaban J connectivity index is 1.40. The molecule has 6 nitrogen and oxygen atoms in total. The van der Waals surface area contributed by atoms with Gasteiger partial charge in [0.05, 0.1) is 19.4 Å². The number of amides is 1. The molecule has 6 rings (SSSR count). The average molecular weight is 470 g/mol. The molecule has 35 heavy (non-hydrogen) atoms. The summed E-state index contributed by atoms with van der Waals surface area (Å²) >= 11 is 0. The molecule has 0 aliphatic carbocycles. The van der Waals surface area contributed by atoms with Gasteiger partial charge in [0.15, 0.2) is 0 Å². The van der Waals surface area contributed by atoms with E-state index in [0.29, 0.717) is 0 Å². The van der Waals surface area contributed by atoms with E-state index in [1.165, 1.54) is 5.56 Å². The summed E-state index contributed by atoms with van der Waals surface area (Å²) in [6.07, 6.45) is 6.99. The van der Waals surface area contributed by atoms with E-state index >= 15 is 0 Å². The maximum Gasteiger partial charge on any atom is 0.278 e. The highest BCUT2D eigenvalue weighted by molar-refractivity contribution is 5.98. The third-order valence-electron chi connectivity index (χ3n) is 8.07. The fourth-order valence-corrected chi connectivity index (χ4v) is 6.32. The van der Waals surface area contributed by atoms with Crippen LogP contribution in [0.15, 0.2) is 83.7 Å². The molecule has 4 heterocycles. The van der Waals surface area contributed by atoms with Gasteiger partial charge in [0, 0.05) is 48.4 Å². The topological polar surface area (TPSA) is 50.9 Å². The van der Waals surface area contributed by atoms with Crippen LogP contribution in [0.25, 0.3) is 11.0 Å². The molecule has 0 radical (unpaired) electrons. The molecule has 180 valence electrons. The first-order chi connectivity index (χ1) is 17.2. The second-order valence-corrected chi connectivity index (χ2v) is 9.73. The van der Waals surface area contributed by atoms with Crippen molar-refractivity contribution in [2.75, 3.05) is 20.2 Å². The lowest BCUT2D eigenvalue weighted by Gasteiger charge is -2.48. The van der Waals surface area contributed by atoms with E-state index in [9.17, 15) is 4.79 Å². The maximum atomic E-state index is 13.3. The van der Waals surface area contributed by atoms with Gasteiger partial charge in [0.1, 0.15) is 5.58 Å². The molecule has 0 spiro atoms. The number of furan rings is 1. The molecular formula is C29H31N3O3. The molecule has 0 saturated carbocycles. The quantitative estimate of drug-likeness (QED) is 0.375. The number of fused-ring (bicyclic) bond motifs is 2. The maximum absolute atomic E-state index is 13.3. The van der Waals surface area contributed by atoms with E-state index in [4.69, 9.17) is 9.25 Å². The molecule has 1 amide bonds. The number of rotatable bonds is 6. The monoisotopic (exact) mass is 469 g/mol. The van der Waals surface area contributed by atoms with Gasteiger partial charge in [-0.1, -0.05) is 30.3 Å². The lowest BCUT2D eigenvalue weighted by molar-refractivity contribution is -0.144. The minimum atomic E-state index is -0.148. The zero-order valence-corrected chi connectivity index (χ0v) is 20.2. The van der Waals surface area contributed by atoms with E-state index in [0.717, 1.165) is 48.2 Å². The number of carbonyl (C=O) groups is 1. The van der Waals surface area contributed by atoms with Crippen LogP contribution in [0.3, 0.4) is 0 Å². The summed E-state index contributed by atoms with van der Waals surface area (Å²) in [7, 11) is 1.61. The molecule has 1 saturated heterocycles. The summed E-state index contributed by atoms with van der Waals surface area (Å²) in [5.41, 5.74) is 3.99. The van der Waals surface area contributed by atoms with Gasteiger partial charge < -0.3 is 8.98 Å². The van der Waals surface area contributed by atoms with Crippen molar-refractivity contribution in [2.45, 2.75) is 37.9 Å². The number of hydrogen-bond acceptors (Lipinski definition) is 4. The second kappa shape index (κ2) is 9.02.